The van der Waals surface area contributed by atoms with Gasteiger partial charge in [-0.3, -0.25) is 4.79 Å². The SMILES string of the molecule is CCCCCC(O)c1ccc(C2C(Cl)CC(Cl)C2c2ccc(CCC(=O)O)cc2)cc1. The molecule has 2 aromatic carbocycles. The molecule has 1 saturated carbocycles. The van der Waals surface area contributed by atoms with E-state index in [2.05, 4.69) is 31.2 Å². The Labute approximate surface area is 195 Å². The summed E-state index contributed by atoms with van der Waals surface area (Å²) in [5.74, 6) is -0.594. The summed E-state index contributed by atoms with van der Waals surface area (Å²) in [6, 6.07) is 16.3. The lowest BCUT2D eigenvalue weighted by Gasteiger charge is -2.25. The van der Waals surface area contributed by atoms with Crippen LogP contribution >= 0.6 is 23.2 Å². The van der Waals surface area contributed by atoms with Crippen LogP contribution in [0.1, 0.15) is 85.6 Å². The monoisotopic (exact) mass is 462 g/mol. The molecule has 5 unspecified atom stereocenters. The maximum Gasteiger partial charge on any atom is 0.303 e. The smallest absolute Gasteiger partial charge is 0.303 e. The summed E-state index contributed by atoms with van der Waals surface area (Å²) in [7, 11) is 0. The maximum atomic E-state index is 10.8. The zero-order chi connectivity index (χ0) is 22.4. The number of aliphatic carboxylic acids is 1. The zero-order valence-electron chi connectivity index (χ0n) is 18.0. The molecule has 1 fully saturated rings. The first-order valence-electron chi connectivity index (χ1n) is 11.3. The van der Waals surface area contributed by atoms with Gasteiger partial charge in [0.15, 0.2) is 0 Å². The molecule has 0 aliphatic heterocycles. The van der Waals surface area contributed by atoms with Gasteiger partial charge in [-0.2, -0.15) is 0 Å². The van der Waals surface area contributed by atoms with Crippen LogP contribution in [0.15, 0.2) is 48.5 Å². The van der Waals surface area contributed by atoms with Crippen molar-refractivity contribution in [3.63, 3.8) is 0 Å². The van der Waals surface area contributed by atoms with Crippen LogP contribution in [0.5, 0.6) is 0 Å². The molecule has 31 heavy (non-hydrogen) atoms. The number of hydrogen-bond donors (Lipinski definition) is 2. The summed E-state index contributed by atoms with van der Waals surface area (Å²) in [5.41, 5.74) is 4.24. The van der Waals surface area contributed by atoms with Crippen LogP contribution in [-0.2, 0) is 11.2 Å². The lowest BCUT2D eigenvalue weighted by atomic mass is 9.83. The van der Waals surface area contributed by atoms with Crippen LogP contribution in [-0.4, -0.2) is 26.9 Å². The van der Waals surface area contributed by atoms with E-state index in [-0.39, 0.29) is 29.0 Å². The van der Waals surface area contributed by atoms with Crippen LogP contribution < -0.4 is 0 Å². The molecule has 0 aromatic heterocycles. The quantitative estimate of drug-likeness (QED) is 0.301. The fraction of sp³-hybridized carbons (Fsp3) is 0.500. The lowest BCUT2D eigenvalue weighted by Crippen LogP contribution is -2.15. The standard InChI is InChI=1S/C26H32Cl2O3/c1-2-3-4-5-23(29)18-11-13-20(14-12-18)26-22(28)16-21(27)25(26)19-9-6-17(7-10-19)8-15-24(30)31/h6-7,9-14,21-23,25-26,29H,2-5,8,15-16H2,1H3,(H,30,31). The number of carboxylic acid groups (broad SMARTS) is 1. The van der Waals surface area contributed by atoms with E-state index in [1.807, 2.05) is 24.3 Å². The van der Waals surface area contributed by atoms with Gasteiger partial charge < -0.3 is 10.2 Å². The second kappa shape index (κ2) is 11.4. The molecule has 3 rings (SSSR count). The molecule has 1 aliphatic carbocycles. The molecule has 0 heterocycles. The predicted octanol–water partition coefficient (Wildman–Crippen LogP) is 6.80. The summed E-state index contributed by atoms with van der Waals surface area (Å²) < 4.78 is 0. The Morgan fingerprint density at radius 1 is 0.968 bits per heavy atom. The Morgan fingerprint density at radius 2 is 1.52 bits per heavy atom. The minimum Gasteiger partial charge on any atom is -0.481 e. The molecule has 0 radical (unpaired) electrons. The Kier molecular flexibility index (Phi) is 8.83. The van der Waals surface area contributed by atoms with E-state index < -0.39 is 12.1 Å². The van der Waals surface area contributed by atoms with Gasteiger partial charge in [-0.15, -0.1) is 23.2 Å². The molecule has 0 amide bonds. The van der Waals surface area contributed by atoms with Crippen molar-refractivity contribution in [2.24, 2.45) is 0 Å². The fourth-order valence-corrected chi connectivity index (χ4v) is 5.72. The summed E-state index contributed by atoms with van der Waals surface area (Å²) >= 11 is 13.5. The van der Waals surface area contributed by atoms with Crippen LogP contribution in [0.4, 0.5) is 0 Å². The number of unbranched alkanes of at least 4 members (excludes halogenated alkanes) is 2. The molecule has 2 N–H and O–H groups in total. The lowest BCUT2D eigenvalue weighted by molar-refractivity contribution is -0.136. The summed E-state index contributed by atoms with van der Waals surface area (Å²) in [6.45, 7) is 2.16. The Morgan fingerprint density at radius 3 is 2.03 bits per heavy atom. The highest BCUT2D eigenvalue weighted by atomic mass is 35.5. The molecule has 0 spiro atoms. The van der Waals surface area contributed by atoms with Crippen molar-refractivity contribution in [1.82, 2.24) is 0 Å². The summed E-state index contributed by atoms with van der Waals surface area (Å²) in [4.78, 5) is 10.8. The molecular weight excluding hydrogens is 431 g/mol. The molecule has 0 bridgehead atoms. The average Bonchev–Trinajstić information content (AvgIpc) is 3.06. The van der Waals surface area contributed by atoms with Crippen molar-refractivity contribution in [1.29, 1.82) is 0 Å². The number of rotatable bonds is 10. The van der Waals surface area contributed by atoms with Gasteiger partial charge in [-0.25, -0.2) is 0 Å². The Hall–Kier alpha value is -1.55. The highest BCUT2D eigenvalue weighted by Crippen LogP contribution is 2.50. The first-order chi connectivity index (χ1) is 14.9. The largest absolute Gasteiger partial charge is 0.481 e. The second-order valence-electron chi connectivity index (χ2n) is 8.63. The van der Waals surface area contributed by atoms with Crippen molar-refractivity contribution in [3.05, 3.63) is 70.8 Å². The zero-order valence-corrected chi connectivity index (χ0v) is 19.5. The first kappa shape index (κ1) is 24.1. The van der Waals surface area contributed by atoms with Crippen molar-refractivity contribution in [2.45, 2.75) is 80.6 Å². The third-order valence-electron chi connectivity index (χ3n) is 6.40. The fourth-order valence-electron chi connectivity index (χ4n) is 4.64. The number of aliphatic hydroxyl groups is 1. The van der Waals surface area contributed by atoms with E-state index in [0.29, 0.717) is 6.42 Å². The van der Waals surface area contributed by atoms with Crippen molar-refractivity contribution in [2.75, 3.05) is 0 Å². The number of aryl methyl sites for hydroxylation is 1. The second-order valence-corrected chi connectivity index (χ2v) is 9.75. The summed E-state index contributed by atoms with van der Waals surface area (Å²) in [6.07, 6.45) is 5.06. The Bertz CT molecular complexity index is 835. The molecule has 1 aliphatic rings. The molecule has 0 saturated heterocycles. The third-order valence-corrected chi connectivity index (χ3v) is 7.30. The van der Waals surface area contributed by atoms with E-state index >= 15 is 0 Å². The van der Waals surface area contributed by atoms with Crippen molar-refractivity contribution in [3.8, 4) is 0 Å². The van der Waals surface area contributed by atoms with E-state index in [9.17, 15) is 9.90 Å². The number of benzene rings is 2. The van der Waals surface area contributed by atoms with E-state index in [4.69, 9.17) is 28.3 Å². The predicted molar refractivity (Wildman–Crippen MR) is 127 cm³/mol. The number of carbonyl (C=O) groups is 1. The van der Waals surface area contributed by atoms with Crippen LogP contribution in [0, 0.1) is 0 Å². The number of aliphatic hydroxyl groups excluding tert-OH is 1. The topological polar surface area (TPSA) is 57.5 Å². The highest BCUT2D eigenvalue weighted by molar-refractivity contribution is 6.25. The maximum absolute atomic E-state index is 10.8. The Balaban J connectivity index is 1.75. The van der Waals surface area contributed by atoms with Gasteiger partial charge in [0.1, 0.15) is 0 Å². The van der Waals surface area contributed by atoms with Gasteiger partial charge in [-0.05, 0) is 41.5 Å². The van der Waals surface area contributed by atoms with Gasteiger partial charge >= 0.3 is 5.97 Å². The molecule has 5 heteroatoms. The van der Waals surface area contributed by atoms with Gasteiger partial charge in [-0.1, -0.05) is 74.7 Å². The van der Waals surface area contributed by atoms with Crippen LogP contribution in [0.25, 0.3) is 0 Å². The molecular formula is C26H32Cl2O3. The number of halogens is 2. The van der Waals surface area contributed by atoms with Gasteiger partial charge in [0.25, 0.3) is 0 Å². The number of carboxylic acids is 1. The number of hydrogen-bond acceptors (Lipinski definition) is 2. The van der Waals surface area contributed by atoms with Crippen molar-refractivity contribution < 1.29 is 15.0 Å². The minimum absolute atomic E-state index is 0.0560. The van der Waals surface area contributed by atoms with Crippen LogP contribution in [0.3, 0.4) is 0 Å². The third kappa shape index (κ3) is 6.25. The molecule has 3 nitrogen and oxygen atoms in total. The van der Waals surface area contributed by atoms with Gasteiger partial charge in [0, 0.05) is 29.0 Å². The minimum atomic E-state index is -0.787. The molecule has 168 valence electrons. The van der Waals surface area contributed by atoms with Crippen molar-refractivity contribution >= 4 is 29.2 Å². The van der Waals surface area contributed by atoms with Gasteiger partial charge in [0.05, 0.1) is 6.10 Å². The average molecular weight is 463 g/mol. The molecule has 2 aromatic rings. The summed E-state index contributed by atoms with van der Waals surface area (Å²) in [5, 5.41) is 19.2. The van der Waals surface area contributed by atoms with E-state index in [1.165, 1.54) is 0 Å². The van der Waals surface area contributed by atoms with Crippen LogP contribution in [0.2, 0.25) is 0 Å². The highest BCUT2D eigenvalue weighted by Gasteiger charge is 2.43. The first-order valence-corrected chi connectivity index (χ1v) is 12.1. The molecule has 5 atom stereocenters. The van der Waals surface area contributed by atoms with E-state index in [1.54, 1.807) is 0 Å². The normalized spacial score (nSPS) is 24.3. The van der Waals surface area contributed by atoms with E-state index in [0.717, 1.165) is 54.4 Å². The van der Waals surface area contributed by atoms with Gasteiger partial charge in [0.2, 0.25) is 0 Å². The number of alkyl halides is 2.